The minimum atomic E-state index is 0.0823. The van der Waals surface area contributed by atoms with Crippen LogP contribution < -0.4 is 0 Å². The van der Waals surface area contributed by atoms with Gasteiger partial charge in [0.15, 0.2) is 0 Å². The van der Waals surface area contributed by atoms with Gasteiger partial charge in [-0.3, -0.25) is 4.79 Å². The Kier molecular flexibility index (Phi) is 4.95. The fourth-order valence-corrected chi connectivity index (χ4v) is 5.33. The van der Waals surface area contributed by atoms with Crippen molar-refractivity contribution in [2.45, 2.75) is 44.9 Å². The van der Waals surface area contributed by atoms with Gasteiger partial charge in [-0.15, -0.1) is 11.8 Å². The molecule has 0 aromatic rings. The molecule has 4 heteroatoms. The highest BCUT2D eigenvalue weighted by atomic mass is 32.2. The van der Waals surface area contributed by atoms with Gasteiger partial charge in [-0.25, -0.2) is 0 Å². The first-order valence-corrected chi connectivity index (χ1v) is 9.32. The molecule has 3 aliphatic rings. The van der Waals surface area contributed by atoms with E-state index in [2.05, 4.69) is 11.0 Å². The van der Waals surface area contributed by atoms with Crippen molar-refractivity contribution in [3.05, 3.63) is 11.0 Å². The zero-order chi connectivity index (χ0) is 14.7. The molecule has 0 N–H and O–H groups in total. The third-order valence-corrected chi connectivity index (χ3v) is 6.48. The van der Waals surface area contributed by atoms with Crippen molar-refractivity contribution in [3.63, 3.8) is 0 Å². The van der Waals surface area contributed by atoms with Gasteiger partial charge in [-0.1, -0.05) is 25.3 Å². The van der Waals surface area contributed by atoms with Crippen LogP contribution >= 0.6 is 11.8 Å². The lowest BCUT2D eigenvalue weighted by Gasteiger charge is -2.45. The smallest absolute Gasteiger partial charge is 0.230 e. The first-order valence-electron chi connectivity index (χ1n) is 8.34. The molecule has 0 aromatic heterocycles. The molecule has 1 saturated heterocycles. The van der Waals surface area contributed by atoms with Crippen molar-refractivity contribution >= 4 is 17.7 Å². The maximum Gasteiger partial charge on any atom is 0.230 e. The number of hydrogen-bond acceptors (Lipinski definition) is 3. The molecular weight excluding hydrogens is 282 g/mol. The molecule has 0 aromatic carbocycles. The van der Waals surface area contributed by atoms with Crippen LogP contribution in [0.3, 0.4) is 0 Å². The van der Waals surface area contributed by atoms with Crippen molar-refractivity contribution in [1.82, 2.24) is 4.90 Å². The third-order valence-electron chi connectivity index (χ3n) is 5.33. The Balaban J connectivity index is 1.62. The summed E-state index contributed by atoms with van der Waals surface area (Å²) in [5.74, 6) is 1.35. The molecule has 0 radical (unpaired) electrons. The lowest BCUT2D eigenvalue weighted by atomic mass is 9.69. The molecule has 1 amide bonds. The largest absolute Gasteiger partial charge is 0.379 e. The van der Waals surface area contributed by atoms with Crippen molar-refractivity contribution in [2.24, 2.45) is 11.3 Å². The Labute approximate surface area is 132 Å². The third kappa shape index (κ3) is 3.48. The Hall–Kier alpha value is -0.480. The summed E-state index contributed by atoms with van der Waals surface area (Å²) in [5, 5.41) is 0. The topological polar surface area (TPSA) is 29.5 Å². The lowest BCUT2D eigenvalue weighted by molar-refractivity contribution is -0.137. The highest BCUT2D eigenvalue weighted by molar-refractivity contribution is 8.03. The van der Waals surface area contributed by atoms with Gasteiger partial charge in [0.05, 0.1) is 12.5 Å². The van der Waals surface area contributed by atoms with E-state index in [-0.39, 0.29) is 5.92 Å². The summed E-state index contributed by atoms with van der Waals surface area (Å²) in [5.41, 5.74) is 0.455. The Morgan fingerprint density at radius 3 is 2.86 bits per heavy atom. The maximum atomic E-state index is 12.8. The Bertz CT molecular complexity index is 410. The molecule has 118 valence electrons. The van der Waals surface area contributed by atoms with Crippen molar-refractivity contribution in [3.8, 4) is 0 Å². The Morgan fingerprint density at radius 1 is 1.33 bits per heavy atom. The lowest BCUT2D eigenvalue weighted by Crippen LogP contribution is -2.48. The van der Waals surface area contributed by atoms with E-state index >= 15 is 0 Å². The van der Waals surface area contributed by atoms with E-state index in [1.807, 2.05) is 0 Å². The number of carbonyl (C=O) groups excluding carboxylic acids is 1. The van der Waals surface area contributed by atoms with Crippen LogP contribution in [0, 0.1) is 11.3 Å². The predicted octanol–water partition coefficient (Wildman–Crippen LogP) is 3.45. The van der Waals surface area contributed by atoms with Crippen LogP contribution in [-0.4, -0.2) is 43.4 Å². The molecule has 1 saturated carbocycles. The van der Waals surface area contributed by atoms with Crippen LogP contribution in [-0.2, 0) is 9.53 Å². The SMILES string of the molecule is COCC1=CC(C(=O)N2CCCC3(CCCCC3)C2)CS1. The number of hydrogen-bond donors (Lipinski definition) is 0. The van der Waals surface area contributed by atoms with E-state index in [1.165, 1.54) is 49.9 Å². The van der Waals surface area contributed by atoms with Gasteiger partial charge in [-0.2, -0.15) is 0 Å². The van der Waals surface area contributed by atoms with Crippen LogP contribution in [0.25, 0.3) is 0 Å². The first-order chi connectivity index (χ1) is 10.2. The monoisotopic (exact) mass is 309 g/mol. The Morgan fingerprint density at radius 2 is 2.10 bits per heavy atom. The summed E-state index contributed by atoms with van der Waals surface area (Å²) >= 11 is 1.78. The zero-order valence-electron chi connectivity index (χ0n) is 13.1. The van der Waals surface area contributed by atoms with Crippen molar-refractivity contribution < 1.29 is 9.53 Å². The molecule has 2 fully saturated rings. The summed E-state index contributed by atoms with van der Waals surface area (Å²) in [6.07, 6.45) is 11.4. The van der Waals surface area contributed by atoms with E-state index in [9.17, 15) is 4.79 Å². The number of carbonyl (C=O) groups is 1. The van der Waals surface area contributed by atoms with E-state index < -0.39 is 0 Å². The number of methoxy groups -OCH3 is 1. The number of amides is 1. The zero-order valence-corrected chi connectivity index (χ0v) is 13.9. The average Bonchev–Trinajstić information content (AvgIpc) is 2.96. The number of nitrogens with zero attached hydrogens (tertiary/aromatic N) is 1. The van der Waals surface area contributed by atoms with Crippen molar-refractivity contribution in [2.75, 3.05) is 32.6 Å². The van der Waals surface area contributed by atoms with Gasteiger partial charge < -0.3 is 9.64 Å². The number of rotatable bonds is 3. The molecule has 2 heterocycles. The molecule has 2 aliphatic heterocycles. The van der Waals surface area contributed by atoms with Crippen LogP contribution in [0.2, 0.25) is 0 Å². The van der Waals surface area contributed by atoms with Crippen molar-refractivity contribution in [1.29, 1.82) is 0 Å². The fraction of sp³-hybridized carbons (Fsp3) is 0.824. The number of likely N-dealkylation sites (tertiary alicyclic amines) is 1. The van der Waals surface area contributed by atoms with E-state index in [0.717, 1.165) is 18.8 Å². The molecule has 1 spiro atoms. The predicted molar refractivity (Wildman–Crippen MR) is 87.2 cm³/mol. The molecule has 3 rings (SSSR count). The average molecular weight is 309 g/mol. The second-order valence-corrected chi connectivity index (χ2v) is 8.05. The molecule has 1 aliphatic carbocycles. The minimum absolute atomic E-state index is 0.0823. The minimum Gasteiger partial charge on any atom is -0.379 e. The maximum absolute atomic E-state index is 12.8. The fourth-order valence-electron chi connectivity index (χ4n) is 4.23. The molecule has 3 nitrogen and oxygen atoms in total. The van der Waals surface area contributed by atoms with Crippen LogP contribution in [0.1, 0.15) is 44.9 Å². The van der Waals surface area contributed by atoms with Gasteiger partial charge in [0.1, 0.15) is 0 Å². The second kappa shape index (κ2) is 6.74. The van der Waals surface area contributed by atoms with Gasteiger partial charge >= 0.3 is 0 Å². The van der Waals surface area contributed by atoms with Crippen LogP contribution in [0.15, 0.2) is 11.0 Å². The standard InChI is InChI=1S/C17H27NO2S/c1-20-11-15-10-14(12-21-15)16(19)18-9-5-8-17(13-18)6-3-2-4-7-17/h10,14H,2-9,11-13H2,1H3. The van der Waals surface area contributed by atoms with Gasteiger partial charge in [0.2, 0.25) is 5.91 Å². The second-order valence-electron chi connectivity index (χ2n) is 6.91. The van der Waals surface area contributed by atoms with Crippen LogP contribution in [0.4, 0.5) is 0 Å². The summed E-state index contributed by atoms with van der Waals surface area (Å²) in [6.45, 7) is 2.63. The first kappa shape index (κ1) is 15.4. The van der Waals surface area contributed by atoms with Gasteiger partial charge in [0.25, 0.3) is 0 Å². The molecule has 0 bridgehead atoms. The summed E-state index contributed by atoms with van der Waals surface area (Å²) in [4.78, 5) is 16.2. The van der Waals surface area contributed by atoms with Gasteiger partial charge in [0, 0.05) is 30.9 Å². The molecule has 1 unspecified atom stereocenters. The summed E-state index contributed by atoms with van der Waals surface area (Å²) in [7, 11) is 1.72. The normalized spacial score (nSPS) is 28.7. The quantitative estimate of drug-likeness (QED) is 0.799. The van der Waals surface area contributed by atoms with E-state index in [4.69, 9.17) is 4.74 Å². The molecule has 1 atom stereocenters. The summed E-state index contributed by atoms with van der Waals surface area (Å²) in [6, 6.07) is 0. The number of ether oxygens (including phenoxy) is 1. The van der Waals surface area contributed by atoms with E-state index in [0.29, 0.717) is 17.9 Å². The highest BCUT2D eigenvalue weighted by Gasteiger charge is 2.39. The van der Waals surface area contributed by atoms with Crippen LogP contribution in [0.5, 0.6) is 0 Å². The van der Waals surface area contributed by atoms with E-state index in [1.54, 1.807) is 18.9 Å². The molecular formula is C17H27NO2S. The number of thioether (sulfide) groups is 1. The van der Waals surface area contributed by atoms with Gasteiger partial charge in [-0.05, 0) is 31.1 Å². The summed E-state index contributed by atoms with van der Waals surface area (Å²) < 4.78 is 5.18. The highest BCUT2D eigenvalue weighted by Crippen LogP contribution is 2.43. The molecule has 21 heavy (non-hydrogen) atoms. The number of piperidine rings is 1.